The van der Waals surface area contributed by atoms with Gasteiger partial charge in [-0.3, -0.25) is 0 Å². The number of carbonyl (C=O) groups is 1. The van der Waals surface area contributed by atoms with Crippen molar-refractivity contribution in [2.75, 3.05) is 6.61 Å². The molecule has 100 valence electrons. The average molecular weight is 312 g/mol. The van der Waals surface area contributed by atoms with E-state index in [1.165, 1.54) is 5.56 Å². The van der Waals surface area contributed by atoms with Crippen LogP contribution in [0.25, 0.3) is 0 Å². The summed E-state index contributed by atoms with van der Waals surface area (Å²) in [6, 6.07) is 9.88. The predicted molar refractivity (Wildman–Crippen MR) is 72.0 cm³/mol. The van der Waals surface area contributed by atoms with Crippen LogP contribution < -0.4 is 0 Å². The summed E-state index contributed by atoms with van der Waals surface area (Å²) in [6.45, 7) is 2.16. The topological polar surface area (TPSA) is 35.5 Å². The van der Waals surface area contributed by atoms with Gasteiger partial charge < -0.3 is 9.47 Å². The Morgan fingerprint density at radius 3 is 2.44 bits per heavy atom. The molecule has 0 amide bonds. The SMILES string of the molecule is C[C@H](COC(=O)OC(Cl)(Cl)Cl)Cc1ccccc1. The zero-order chi connectivity index (χ0) is 13.6. The van der Waals surface area contributed by atoms with E-state index < -0.39 is 10.1 Å². The highest BCUT2D eigenvalue weighted by molar-refractivity contribution is 6.66. The van der Waals surface area contributed by atoms with Crippen molar-refractivity contribution < 1.29 is 14.3 Å². The van der Waals surface area contributed by atoms with Gasteiger partial charge >= 0.3 is 10.1 Å². The Morgan fingerprint density at radius 2 is 1.89 bits per heavy atom. The first-order valence-electron chi connectivity index (χ1n) is 5.33. The van der Waals surface area contributed by atoms with Crippen molar-refractivity contribution in [1.29, 1.82) is 0 Å². The highest BCUT2D eigenvalue weighted by Crippen LogP contribution is 2.27. The van der Waals surface area contributed by atoms with Gasteiger partial charge in [-0.25, -0.2) is 4.79 Å². The van der Waals surface area contributed by atoms with Crippen molar-refractivity contribution in [3.05, 3.63) is 35.9 Å². The van der Waals surface area contributed by atoms with Crippen molar-refractivity contribution in [3.63, 3.8) is 0 Å². The monoisotopic (exact) mass is 310 g/mol. The molecule has 1 atom stereocenters. The van der Waals surface area contributed by atoms with Gasteiger partial charge in [-0.1, -0.05) is 37.3 Å². The van der Waals surface area contributed by atoms with Crippen LogP contribution in [0.1, 0.15) is 12.5 Å². The van der Waals surface area contributed by atoms with E-state index in [2.05, 4.69) is 4.74 Å². The summed E-state index contributed by atoms with van der Waals surface area (Å²) in [7, 11) is 0. The van der Waals surface area contributed by atoms with E-state index in [4.69, 9.17) is 39.5 Å². The molecule has 0 saturated heterocycles. The highest BCUT2D eigenvalue weighted by atomic mass is 35.6. The van der Waals surface area contributed by atoms with E-state index in [9.17, 15) is 4.79 Å². The predicted octanol–water partition coefficient (Wildman–Crippen LogP) is 4.35. The molecule has 0 heterocycles. The number of carbonyl (C=O) groups excluding carboxylic acids is 1. The average Bonchev–Trinajstić information content (AvgIpc) is 2.25. The molecule has 0 N–H and O–H groups in total. The van der Waals surface area contributed by atoms with E-state index in [0.717, 1.165) is 6.42 Å². The van der Waals surface area contributed by atoms with Crippen LogP contribution in [0.15, 0.2) is 30.3 Å². The zero-order valence-corrected chi connectivity index (χ0v) is 12.0. The Morgan fingerprint density at radius 1 is 1.28 bits per heavy atom. The van der Waals surface area contributed by atoms with Gasteiger partial charge in [0.2, 0.25) is 0 Å². The summed E-state index contributed by atoms with van der Waals surface area (Å²) in [5, 5.41) is 0. The van der Waals surface area contributed by atoms with Crippen LogP contribution in [0.4, 0.5) is 4.79 Å². The number of benzene rings is 1. The number of ether oxygens (including phenoxy) is 2. The minimum Gasteiger partial charge on any atom is -0.434 e. The lowest BCUT2D eigenvalue weighted by molar-refractivity contribution is 0.0438. The molecule has 0 radical (unpaired) electrons. The molecule has 1 aromatic rings. The number of rotatable bonds is 4. The van der Waals surface area contributed by atoms with Crippen LogP contribution in [0.2, 0.25) is 0 Å². The lowest BCUT2D eigenvalue weighted by atomic mass is 10.0. The number of halogens is 3. The number of hydrogen-bond donors (Lipinski definition) is 0. The zero-order valence-electron chi connectivity index (χ0n) is 9.74. The van der Waals surface area contributed by atoms with Gasteiger partial charge in [-0.2, -0.15) is 0 Å². The van der Waals surface area contributed by atoms with E-state index in [1.54, 1.807) is 0 Å². The molecule has 0 aromatic heterocycles. The van der Waals surface area contributed by atoms with Gasteiger partial charge in [-0.15, -0.1) is 0 Å². The maximum absolute atomic E-state index is 11.1. The van der Waals surface area contributed by atoms with Crippen LogP contribution in [0, 0.1) is 5.92 Å². The largest absolute Gasteiger partial charge is 0.511 e. The van der Waals surface area contributed by atoms with Crippen molar-refractivity contribution in [2.45, 2.75) is 17.3 Å². The fraction of sp³-hybridized carbons (Fsp3) is 0.417. The molecule has 0 aliphatic rings. The van der Waals surface area contributed by atoms with Gasteiger partial charge in [0.05, 0.1) is 6.61 Å². The third-order valence-corrected chi connectivity index (χ3v) is 2.34. The minimum atomic E-state index is -2.08. The second-order valence-electron chi connectivity index (χ2n) is 3.90. The maximum Gasteiger partial charge on any atom is 0.511 e. The molecule has 18 heavy (non-hydrogen) atoms. The van der Waals surface area contributed by atoms with Gasteiger partial charge in [0.25, 0.3) is 0 Å². The summed E-state index contributed by atoms with van der Waals surface area (Å²) in [5.74, 6) is 0.148. The summed E-state index contributed by atoms with van der Waals surface area (Å²) < 4.78 is 7.13. The molecule has 1 aromatic carbocycles. The third-order valence-electron chi connectivity index (χ3n) is 2.11. The van der Waals surface area contributed by atoms with Crippen molar-refractivity contribution in [3.8, 4) is 0 Å². The fourth-order valence-electron chi connectivity index (χ4n) is 1.41. The molecule has 1 rings (SSSR count). The molecular formula is C12H13Cl3O3. The van der Waals surface area contributed by atoms with Crippen molar-refractivity contribution >= 4 is 41.0 Å². The van der Waals surface area contributed by atoms with Crippen LogP contribution in [0.3, 0.4) is 0 Å². The van der Waals surface area contributed by atoms with E-state index in [0.29, 0.717) is 0 Å². The standard InChI is InChI=1S/C12H13Cl3O3/c1-9(7-10-5-3-2-4-6-10)8-17-11(16)18-12(13,14)15/h2-6,9H,7-8H2,1H3/t9-/m0/s1. The second kappa shape index (κ2) is 7.07. The van der Waals surface area contributed by atoms with Crippen LogP contribution in [-0.2, 0) is 15.9 Å². The van der Waals surface area contributed by atoms with Crippen LogP contribution in [-0.4, -0.2) is 16.7 Å². The molecule has 6 heteroatoms. The molecule has 0 aliphatic carbocycles. The summed E-state index contributed by atoms with van der Waals surface area (Å²) in [6.07, 6.45) is -0.197. The third kappa shape index (κ3) is 6.94. The Labute approximate surface area is 121 Å². The minimum absolute atomic E-state index is 0.148. The molecule has 3 nitrogen and oxygen atoms in total. The van der Waals surface area contributed by atoms with Gasteiger partial charge in [0.15, 0.2) is 0 Å². The lowest BCUT2D eigenvalue weighted by Gasteiger charge is -2.14. The van der Waals surface area contributed by atoms with Gasteiger partial charge in [0, 0.05) is 0 Å². The van der Waals surface area contributed by atoms with E-state index in [-0.39, 0.29) is 12.5 Å². The molecule has 0 saturated carbocycles. The summed E-state index contributed by atoms with van der Waals surface area (Å²) in [4.78, 5) is 11.1. The molecule has 0 unspecified atom stereocenters. The fourth-order valence-corrected chi connectivity index (χ4v) is 1.60. The van der Waals surface area contributed by atoms with E-state index >= 15 is 0 Å². The Kier molecular flexibility index (Phi) is 6.06. The van der Waals surface area contributed by atoms with Crippen LogP contribution in [0.5, 0.6) is 0 Å². The quantitative estimate of drug-likeness (QED) is 0.612. The van der Waals surface area contributed by atoms with Crippen molar-refractivity contribution in [2.24, 2.45) is 5.92 Å². The number of alkyl halides is 3. The highest BCUT2D eigenvalue weighted by Gasteiger charge is 2.26. The first-order valence-corrected chi connectivity index (χ1v) is 6.46. The normalized spacial score (nSPS) is 12.9. The molecule has 0 aliphatic heterocycles. The van der Waals surface area contributed by atoms with Crippen molar-refractivity contribution in [1.82, 2.24) is 0 Å². The lowest BCUT2D eigenvalue weighted by Crippen LogP contribution is -2.20. The molecule has 0 spiro atoms. The Bertz CT molecular complexity index is 376. The van der Waals surface area contributed by atoms with E-state index in [1.807, 2.05) is 37.3 Å². The second-order valence-corrected chi connectivity index (χ2v) is 6.08. The smallest absolute Gasteiger partial charge is 0.434 e. The van der Waals surface area contributed by atoms with Crippen LogP contribution >= 0.6 is 34.8 Å². The molecular weight excluding hydrogens is 298 g/mol. The van der Waals surface area contributed by atoms with Gasteiger partial charge in [0.1, 0.15) is 0 Å². The Hall–Kier alpha value is -0.640. The summed E-state index contributed by atoms with van der Waals surface area (Å²) in [5.41, 5.74) is 1.17. The number of hydrogen-bond acceptors (Lipinski definition) is 3. The summed E-state index contributed by atoms with van der Waals surface area (Å²) >= 11 is 15.8. The Balaban J connectivity index is 2.29. The molecule has 0 bridgehead atoms. The first kappa shape index (κ1) is 15.4. The van der Waals surface area contributed by atoms with Gasteiger partial charge in [-0.05, 0) is 52.7 Å². The molecule has 0 fully saturated rings. The first-order chi connectivity index (χ1) is 8.37. The maximum atomic E-state index is 11.1.